The molecule has 0 bridgehead atoms. The smallest absolute Gasteiger partial charge is 0.387 e. The van der Waals surface area contributed by atoms with Crippen molar-refractivity contribution in [2.75, 3.05) is 6.67 Å². The molecule has 0 amide bonds. The number of aromatic nitrogens is 4. The third-order valence-electron chi connectivity index (χ3n) is 6.81. The topological polar surface area (TPSA) is 92.6 Å². The lowest BCUT2D eigenvalue weighted by Gasteiger charge is -2.24. The van der Waals surface area contributed by atoms with Crippen LogP contribution < -0.4 is 10.5 Å². The van der Waals surface area contributed by atoms with E-state index in [4.69, 9.17) is 17.3 Å². The number of nitrogens with one attached hydrogen (secondary N) is 2. The highest BCUT2D eigenvalue weighted by Gasteiger charge is 2.28. The number of halogens is 5. The Morgan fingerprint density at radius 2 is 1.92 bits per heavy atom. The molecule has 5 rings (SSSR count). The van der Waals surface area contributed by atoms with Crippen LogP contribution in [0, 0.1) is 5.82 Å². The van der Waals surface area contributed by atoms with Crippen molar-refractivity contribution in [3.8, 4) is 17.0 Å². The van der Waals surface area contributed by atoms with Gasteiger partial charge in [0.2, 0.25) is 0 Å². The van der Waals surface area contributed by atoms with Gasteiger partial charge in [0.05, 0.1) is 16.9 Å². The van der Waals surface area contributed by atoms with E-state index in [9.17, 15) is 17.6 Å². The summed E-state index contributed by atoms with van der Waals surface area (Å²) in [6.45, 7) is -4.21. The normalized spacial score (nSPS) is 19.2. The van der Waals surface area contributed by atoms with Gasteiger partial charge in [0.25, 0.3) is 0 Å². The minimum atomic E-state index is -3.18. The number of imidazole rings is 1. The molecule has 0 radical (unpaired) electrons. The lowest BCUT2D eigenvalue weighted by atomic mass is 9.86. The van der Waals surface area contributed by atoms with Gasteiger partial charge in [-0.1, -0.05) is 11.6 Å². The number of H-pyrrole nitrogens is 2. The molecule has 4 N–H and O–H groups in total. The van der Waals surface area contributed by atoms with Crippen LogP contribution in [0.2, 0.25) is 5.02 Å². The molecular weight excluding hydrogens is 498 g/mol. The van der Waals surface area contributed by atoms with E-state index < -0.39 is 30.0 Å². The summed E-state index contributed by atoms with van der Waals surface area (Å²) in [6, 6.07) is 3.96. The monoisotopic (exact) mass is 521 g/mol. The molecule has 0 spiro atoms. The van der Waals surface area contributed by atoms with Gasteiger partial charge in [-0.3, -0.25) is 4.39 Å². The molecule has 36 heavy (non-hydrogen) atoms. The maximum absolute atomic E-state index is 14.4. The zero-order chi connectivity index (χ0) is 25.4. The average molecular weight is 522 g/mol. The standard InChI is InChI=1S/C25H24ClF4N5O/c26-22-18(28)5-6-20(36-25(29)30)21(22)16(8-27)17-10-33-24-15(17)7-13(9-32-24)19-11-34-23(35-19)12-1-3-14(31)4-2-12/h5-7,9-12,14,16,25H,1-4,8,31H2,(H,32,33)(H,34,35)/t12?,14?,16-/m1/s1. The largest absolute Gasteiger partial charge is 0.434 e. The SMILES string of the molecule is NC1CCC(c2ncc(-c3cnc4[nH]cc([C@@H](CF)c5c(OC(F)F)ccc(F)c5Cl)c4c3)[nH]2)CC1. The molecule has 0 aliphatic heterocycles. The number of benzene rings is 1. The van der Waals surface area contributed by atoms with Crippen molar-refractivity contribution in [3.05, 3.63) is 64.6 Å². The van der Waals surface area contributed by atoms with Crippen molar-refractivity contribution in [2.24, 2.45) is 5.73 Å². The second-order valence-corrected chi connectivity index (χ2v) is 9.39. The van der Waals surface area contributed by atoms with Gasteiger partial charge >= 0.3 is 6.61 Å². The molecule has 1 fully saturated rings. The first-order valence-corrected chi connectivity index (χ1v) is 12.0. The number of hydrogen-bond acceptors (Lipinski definition) is 4. The quantitative estimate of drug-likeness (QED) is 0.244. The van der Waals surface area contributed by atoms with Crippen LogP contribution in [0.15, 0.2) is 36.8 Å². The Kier molecular flexibility index (Phi) is 6.90. The van der Waals surface area contributed by atoms with Crippen LogP contribution in [0.1, 0.15) is 54.5 Å². The Bertz CT molecular complexity index is 1370. The van der Waals surface area contributed by atoms with Crippen LogP contribution in [0.4, 0.5) is 17.6 Å². The van der Waals surface area contributed by atoms with E-state index in [0.29, 0.717) is 28.1 Å². The van der Waals surface area contributed by atoms with Gasteiger partial charge in [-0.15, -0.1) is 0 Å². The first-order valence-electron chi connectivity index (χ1n) is 11.6. The first-order chi connectivity index (χ1) is 17.4. The Balaban J connectivity index is 1.53. The van der Waals surface area contributed by atoms with Crippen molar-refractivity contribution >= 4 is 22.6 Å². The highest BCUT2D eigenvalue weighted by atomic mass is 35.5. The summed E-state index contributed by atoms with van der Waals surface area (Å²) in [7, 11) is 0. The summed E-state index contributed by atoms with van der Waals surface area (Å²) in [6.07, 6.45) is 8.72. The summed E-state index contributed by atoms with van der Waals surface area (Å²) < 4.78 is 59.3. The van der Waals surface area contributed by atoms with E-state index in [1.54, 1.807) is 18.5 Å². The van der Waals surface area contributed by atoms with Gasteiger partial charge < -0.3 is 20.4 Å². The van der Waals surface area contributed by atoms with E-state index in [1.807, 2.05) is 0 Å². The maximum Gasteiger partial charge on any atom is 0.387 e. The van der Waals surface area contributed by atoms with Crippen molar-refractivity contribution in [3.63, 3.8) is 0 Å². The van der Waals surface area contributed by atoms with Gasteiger partial charge in [0.1, 0.15) is 29.7 Å². The number of nitrogens with two attached hydrogens (primary N) is 1. The van der Waals surface area contributed by atoms with E-state index in [2.05, 4.69) is 24.7 Å². The molecule has 1 aliphatic rings. The second kappa shape index (κ2) is 10.1. The minimum Gasteiger partial charge on any atom is -0.434 e. The van der Waals surface area contributed by atoms with Crippen LogP contribution in [-0.2, 0) is 0 Å². The third-order valence-corrected chi connectivity index (χ3v) is 7.20. The van der Waals surface area contributed by atoms with Gasteiger partial charge in [-0.25, -0.2) is 14.4 Å². The number of nitrogens with zero attached hydrogens (tertiary/aromatic N) is 2. The molecular formula is C25H24ClF4N5O. The van der Waals surface area contributed by atoms with Gasteiger partial charge in [0, 0.05) is 46.8 Å². The predicted molar refractivity (Wildman–Crippen MR) is 129 cm³/mol. The number of alkyl halides is 3. The molecule has 4 aromatic rings. The minimum absolute atomic E-state index is 0.190. The summed E-state index contributed by atoms with van der Waals surface area (Å²) in [5, 5.41) is 0.0675. The molecule has 1 atom stereocenters. The Morgan fingerprint density at radius 1 is 1.14 bits per heavy atom. The molecule has 11 heteroatoms. The van der Waals surface area contributed by atoms with Crippen LogP contribution in [0.5, 0.6) is 5.75 Å². The lowest BCUT2D eigenvalue weighted by Crippen LogP contribution is -2.26. The Morgan fingerprint density at radius 3 is 2.64 bits per heavy atom. The van der Waals surface area contributed by atoms with Crippen molar-refractivity contribution in [1.29, 1.82) is 0 Å². The van der Waals surface area contributed by atoms with Crippen molar-refractivity contribution < 1.29 is 22.3 Å². The van der Waals surface area contributed by atoms with Crippen LogP contribution in [0.3, 0.4) is 0 Å². The molecule has 6 nitrogen and oxygen atoms in total. The maximum atomic E-state index is 14.4. The molecule has 3 heterocycles. The fraction of sp³-hybridized carbons (Fsp3) is 0.360. The van der Waals surface area contributed by atoms with Crippen LogP contribution in [0.25, 0.3) is 22.3 Å². The Labute approximate surface area is 209 Å². The van der Waals surface area contributed by atoms with Crippen LogP contribution >= 0.6 is 11.6 Å². The summed E-state index contributed by atoms with van der Waals surface area (Å²) >= 11 is 6.12. The number of ether oxygens (including phenoxy) is 1. The van der Waals surface area contributed by atoms with E-state index in [1.165, 1.54) is 6.20 Å². The van der Waals surface area contributed by atoms with E-state index in [0.717, 1.165) is 49.3 Å². The van der Waals surface area contributed by atoms with Gasteiger partial charge in [-0.05, 0) is 49.4 Å². The van der Waals surface area contributed by atoms with E-state index >= 15 is 0 Å². The number of pyridine rings is 1. The highest BCUT2D eigenvalue weighted by Crippen LogP contribution is 2.42. The molecule has 1 saturated carbocycles. The number of hydrogen-bond donors (Lipinski definition) is 3. The summed E-state index contributed by atoms with van der Waals surface area (Å²) in [4.78, 5) is 15.3. The highest BCUT2D eigenvalue weighted by molar-refractivity contribution is 6.31. The Hall–Kier alpha value is -3.11. The molecule has 190 valence electrons. The molecule has 0 saturated heterocycles. The first kappa shape index (κ1) is 24.6. The zero-order valence-corrected chi connectivity index (χ0v) is 19.8. The fourth-order valence-corrected chi connectivity index (χ4v) is 5.22. The average Bonchev–Trinajstić information content (AvgIpc) is 3.51. The predicted octanol–water partition coefficient (Wildman–Crippen LogP) is 6.43. The van der Waals surface area contributed by atoms with Gasteiger partial charge in [-0.2, -0.15) is 8.78 Å². The van der Waals surface area contributed by atoms with Crippen molar-refractivity contribution in [2.45, 2.75) is 50.2 Å². The lowest BCUT2D eigenvalue weighted by molar-refractivity contribution is -0.0506. The van der Waals surface area contributed by atoms with Crippen LogP contribution in [-0.4, -0.2) is 39.3 Å². The molecule has 3 aromatic heterocycles. The van der Waals surface area contributed by atoms with Crippen molar-refractivity contribution in [1.82, 2.24) is 19.9 Å². The summed E-state index contributed by atoms with van der Waals surface area (Å²) in [5.41, 5.74) is 8.11. The molecule has 0 unspecified atom stereocenters. The van der Waals surface area contributed by atoms with Gasteiger partial charge in [0.15, 0.2) is 0 Å². The second-order valence-electron chi connectivity index (χ2n) is 9.02. The summed E-state index contributed by atoms with van der Waals surface area (Å²) in [5.74, 6) is -1.23. The molecule has 1 aliphatic carbocycles. The number of fused-ring (bicyclic) bond motifs is 1. The number of rotatable bonds is 7. The fourth-order valence-electron chi connectivity index (χ4n) is 4.93. The van der Waals surface area contributed by atoms with E-state index in [-0.39, 0.29) is 17.4 Å². The third kappa shape index (κ3) is 4.67. The molecule has 1 aromatic carbocycles. The number of aromatic amines is 2. The zero-order valence-electron chi connectivity index (χ0n) is 19.1.